The van der Waals surface area contributed by atoms with Gasteiger partial charge in [-0.25, -0.2) is 8.42 Å². The number of hydrogen-bond acceptors (Lipinski definition) is 5. The van der Waals surface area contributed by atoms with Crippen molar-refractivity contribution in [2.45, 2.75) is 0 Å². The molecule has 0 atom stereocenters. The number of carbonyl (C=O) groups is 1. The molecule has 1 rings (SSSR count). The van der Waals surface area contributed by atoms with E-state index in [4.69, 9.17) is 4.74 Å². The van der Waals surface area contributed by atoms with Crippen LogP contribution in [0.3, 0.4) is 0 Å². The molecule has 0 aromatic heterocycles. The SMILES string of the molecule is COCCNCC(=O)N1CCS(=O)(=O)CC1. The molecule has 1 aliphatic rings. The molecule has 6 nitrogen and oxygen atoms in total. The second kappa shape index (κ2) is 6.17. The molecule has 1 amide bonds. The van der Waals surface area contributed by atoms with Crippen molar-refractivity contribution in [3.63, 3.8) is 0 Å². The molecule has 1 aliphatic heterocycles. The maximum absolute atomic E-state index is 11.6. The molecule has 1 fully saturated rings. The van der Waals surface area contributed by atoms with Crippen molar-refractivity contribution in [3.8, 4) is 0 Å². The largest absolute Gasteiger partial charge is 0.383 e. The van der Waals surface area contributed by atoms with Gasteiger partial charge in [0.25, 0.3) is 0 Å². The second-order valence-corrected chi connectivity index (χ2v) is 6.01. The molecule has 0 aliphatic carbocycles. The van der Waals surface area contributed by atoms with Crippen LogP contribution in [-0.4, -0.2) is 70.6 Å². The summed E-state index contributed by atoms with van der Waals surface area (Å²) in [6.07, 6.45) is 0. The van der Waals surface area contributed by atoms with Crippen LogP contribution < -0.4 is 5.32 Å². The molecule has 0 aromatic carbocycles. The van der Waals surface area contributed by atoms with E-state index in [1.807, 2.05) is 0 Å². The number of hydrogen-bond donors (Lipinski definition) is 1. The summed E-state index contributed by atoms with van der Waals surface area (Å²) in [7, 11) is -1.32. The van der Waals surface area contributed by atoms with Crippen LogP contribution in [0.1, 0.15) is 0 Å². The Morgan fingerprint density at radius 3 is 2.56 bits per heavy atom. The monoisotopic (exact) mass is 250 g/mol. The average Bonchev–Trinajstić information content (AvgIpc) is 2.24. The van der Waals surface area contributed by atoms with E-state index in [2.05, 4.69) is 5.32 Å². The van der Waals surface area contributed by atoms with Gasteiger partial charge in [-0.15, -0.1) is 0 Å². The molecule has 0 aromatic rings. The summed E-state index contributed by atoms with van der Waals surface area (Å²) in [5, 5.41) is 2.94. The van der Waals surface area contributed by atoms with Gasteiger partial charge in [0, 0.05) is 26.7 Å². The van der Waals surface area contributed by atoms with Gasteiger partial charge in [0.05, 0.1) is 24.7 Å². The fraction of sp³-hybridized carbons (Fsp3) is 0.889. The molecule has 0 bridgehead atoms. The Balaban J connectivity index is 2.23. The normalized spacial score (nSPS) is 19.7. The topological polar surface area (TPSA) is 75.7 Å². The van der Waals surface area contributed by atoms with Crippen LogP contribution >= 0.6 is 0 Å². The highest BCUT2D eigenvalue weighted by Gasteiger charge is 2.24. The Hall–Kier alpha value is -0.660. The molecule has 1 saturated heterocycles. The quantitative estimate of drug-likeness (QED) is 0.600. The molecule has 1 heterocycles. The predicted molar refractivity (Wildman–Crippen MR) is 60.0 cm³/mol. The number of nitrogens with zero attached hydrogens (tertiary/aromatic N) is 1. The molecular formula is C9H18N2O4S. The van der Waals surface area contributed by atoms with Crippen molar-refractivity contribution in [1.29, 1.82) is 0 Å². The van der Waals surface area contributed by atoms with Gasteiger partial charge in [-0.1, -0.05) is 0 Å². The van der Waals surface area contributed by atoms with Gasteiger partial charge in [0.2, 0.25) is 5.91 Å². The first kappa shape index (κ1) is 13.4. The van der Waals surface area contributed by atoms with Crippen LogP contribution in [0.5, 0.6) is 0 Å². The number of carbonyl (C=O) groups excluding carboxylic acids is 1. The van der Waals surface area contributed by atoms with Crippen LogP contribution in [0.4, 0.5) is 0 Å². The van der Waals surface area contributed by atoms with E-state index < -0.39 is 9.84 Å². The van der Waals surface area contributed by atoms with E-state index in [-0.39, 0.29) is 24.0 Å². The number of ether oxygens (including phenoxy) is 1. The molecule has 1 N–H and O–H groups in total. The van der Waals surface area contributed by atoms with E-state index in [0.29, 0.717) is 26.2 Å². The zero-order valence-corrected chi connectivity index (χ0v) is 10.3. The standard InChI is InChI=1S/C9H18N2O4S/c1-15-5-2-10-8-9(12)11-3-6-16(13,14)7-4-11/h10H,2-8H2,1H3. The summed E-state index contributed by atoms with van der Waals surface area (Å²) in [5.41, 5.74) is 0. The highest BCUT2D eigenvalue weighted by molar-refractivity contribution is 7.91. The van der Waals surface area contributed by atoms with Crippen molar-refractivity contribution in [3.05, 3.63) is 0 Å². The number of amides is 1. The van der Waals surface area contributed by atoms with Crippen molar-refractivity contribution in [2.24, 2.45) is 0 Å². The summed E-state index contributed by atoms with van der Waals surface area (Å²) < 4.78 is 27.1. The van der Waals surface area contributed by atoms with Crippen molar-refractivity contribution < 1.29 is 17.9 Å². The second-order valence-electron chi connectivity index (χ2n) is 3.70. The number of nitrogens with one attached hydrogen (secondary N) is 1. The Bertz CT molecular complexity index is 314. The fourth-order valence-electron chi connectivity index (χ4n) is 1.44. The van der Waals surface area contributed by atoms with Crippen LogP contribution in [-0.2, 0) is 19.4 Å². The summed E-state index contributed by atoms with van der Waals surface area (Å²) in [4.78, 5) is 13.2. The van der Waals surface area contributed by atoms with E-state index >= 15 is 0 Å². The predicted octanol–water partition coefficient (Wildman–Crippen LogP) is -1.52. The molecule has 94 valence electrons. The van der Waals surface area contributed by atoms with Crippen molar-refractivity contribution in [1.82, 2.24) is 10.2 Å². The lowest BCUT2D eigenvalue weighted by molar-refractivity contribution is -0.129. The minimum Gasteiger partial charge on any atom is -0.383 e. The lowest BCUT2D eigenvalue weighted by Gasteiger charge is -2.26. The summed E-state index contributed by atoms with van der Waals surface area (Å²) in [6.45, 7) is 2.04. The highest BCUT2D eigenvalue weighted by Crippen LogP contribution is 2.03. The first-order valence-electron chi connectivity index (χ1n) is 5.23. The lowest BCUT2D eigenvalue weighted by Crippen LogP contribution is -2.47. The van der Waals surface area contributed by atoms with Gasteiger partial charge in [0.15, 0.2) is 9.84 Å². The first-order chi connectivity index (χ1) is 7.55. The molecule has 7 heteroatoms. The van der Waals surface area contributed by atoms with Crippen molar-refractivity contribution >= 4 is 15.7 Å². The first-order valence-corrected chi connectivity index (χ1v) is 7.05. The minimum absolute atomic E-state index is 0.0500. The smallest absolute Gasteiger partial charge is 0.236 e. The molecule has 0 spiro atoms. The highest BCUT2D eigenvalue weighted by atomic mass is 32.2. The van der Waals surface area contributed by atoms with Gasteiger partial charge in [0.1, 0.15) is 0 Å². The van der Waals surface area contributed by atoms with Crippen LogP contribution in [0.25, 0.3) is 0 Å². The third kappa shape index (κ3) is 4.46. The molecule has 0 radical (unpaired) electrons. The zero-order chi connectivity index (χ0) is 12.0. The number of methoxy groups -OCH3 is 1. The summed E-state index contributed by atoms with van der Waals surface area (Å²) >= 11 is 0. The van der Waals surface area contributed by atoms with E-state index in [9.17, 15) is 13.2 Å². The van der Waals surface area contributed by atoms with E-state index in [1.54, 1.807) is 12.0 Å². The maximum atomic E-state index is 11.6. The summed E-state index contributed by atoms with van der Waals surface area (Å²) in [5.74, 6) is 0.110. The van der Waals surface area contributed by atoms with E-state index in [0.717, 1.165) is 0 Å². The average molecular weight is 250 g/mol. The summed E-state index contributed by atoms with van der Waals surface area (Å²) in [6, 6.07) is 0. The number of rotatable bonds is 5. The van der Waals surface area contributed by atoms with Crippen LogP contribution in [0.15, 0.2) is 0 Å². The zero-order valence-electron chi connectivity index (χ0n) is 9.44. The third-order valence-corrected chi connectivity index (χ3v) is 4.07. The molecular weight excluding hydrogens is 232 g/mol. The lowest BCUT2D eigenvalue weighted by atomic mass is 10.4. The maximum Gasteiger partial charge on any atom is 0.236 e. The Kier molecular flexibility index (Phi) is 5.17. The van der Waals surface area contributed by atoms with E-state index in [1.165, 1.54) is 0 Å². The minimum atomic E-state index is -2.91. The van der Waals surface area contributed by atoms with Gasteiger partial charge in [-0.05, 0) is 0 Å². The Morgan fingerprint density at radius 2 is 2.00 bits per heavy atom. The molecule has 0 saturated carbocycles. The van der Waals surface area contributed by atoms with Gasteiger partial charge in [-0.3, -0.25) is 4.79 Å². The van der Waals surface area contributed by atoms with Crippen LogP contribution in [0.2, 0.25) is 0 Å². The van der Waals surface area contributed by atoms with Gasteiger partial charge >= 0.3 is 0 Å². The Labute approximate surface area is 95.9 Å². The van der Waals surface area contributed by atoms with Gasteiger partial charge in [-0.2, -0.15) is 0 Å². The molecule has 0 unspecified atom stereocenters. The van der Waals surface area contributed by atoms with Crippen LogP contribution in [0, 0.1) is 0 Å². The number of sulfone groups is 1. The van der Waals surface area contributed by atoms with Crippen molar-refractivity contribution in [2.75, 3.05) is 51.4 Å². The molecule has 16 heavy (non-hydrogen) atoms. The fourth-order valence-corrected chi connectivity index (χ4v) is 2.64. The van der Waals surface area contributed by atoms with Gasteiger partial charge < -0.3 is 15.0 Å². The third-order valence-electron chi connectivity index (χ3n) is 2.46. The Morgan fingerprint density at radius 1 is 1.38 bits per heavy atom.